The van der Waals surface area contributed by atoms with Crippen molar-refractivity contribution >= 4 is 45.5 Å². The Bertz CT molecular complexity index is 1220. The van der Waals surface area contributed by atoms with Gasteiger partial charge in [0.1, 0.15) is 17.9 Å². The fourth-order valence-corrected chi connectivity index (χ4v) is 3.47. The van der Waals surface area contributed by atoms with Crippen LogP contribution in [0.5, 0.6) is 5.75 Å². The summed E-state index contributed by atoms with van der Waals surface area (Å²) in [6.07, 6.45) is 1.46. The molecule has 1 N–H and O–H groups in total. The summed E-state index contributed by atoms with van der Waals surface area (Å²) >= 11 is 3.40. The number of imide groups is 2. The lowest BCUT2D eigenvalue weighted by atomic mass is 10.1. The Balaban J connectivity index is 1.54. The maximum atomic E-state index is 13.0. The molecule has 160 valence electrons. The number of hydrogen-bond donors (Lipinski definition) is 1. The van der Waals surface area contributed by atoms with Gasteiger partial charge in [-0.15, -0.1) is 0 Å². The van der Waals surface area contributed by atoms with Gasteiger partial charge in [0, 0.05) is 4.47 Å². The van der Waals surface area contributed by atoms with Crippen LogP contribution in [0.2, 0.25) is 0 Å². The zero-order chi connectivity index (χ0) is 22.7. The van der Waals surface area contributed by atoms with E-state index in [1.54, 1.807) is 42.5 Å². The fraction of sp³-hybridized carbons (Fsp3) is 0.0800. The van der Waals surface area contributed by atoms with Crippen LogP contribution in [0.25, 0.3) is 6.08 Å². The molecule has 0 spiro atoms. The van der Waals surface area contributed by atoms with Gasteiger partial charge < -0.3 is 4.74 Å². The zero-order valence-electron chi connectivity index (χ0n) is 17.2. The van der Waals surface area contributed by atoms with E-state index in [9.17, 15) is 14.4 Å². The minimum absolute atomic E-state index is 0.122. The molecule has 3 aromatic rings. The number of barbiturate groups is 1. The molecule has 7 heteroatoms. The van der Waals surface area contributed by atoms with E-state index in [1.807, 2.05) is 37.3 Å². The first-order valence-electron chi connectivity index (χ1n) is 9.87. The van der Waals surface area contributed by atoms with Gasteiger partial charge in [0.05, 0.1) is 5.69 Å². The second kappa shape index (κ2) is 9.20. The van der Waals surface area contributed by atoms with E-state index in [2.05, 4.69) is 21.2 Å². The molecule has 1 fully saturated rings. The van der Waals surface area contributed by atoms with Crippen molar-refractivity contribution in [3.05, 3.63) is 99.5 Å². The minimum Gasteiger partial charge on any atom is -0.489 e. The number of urea groups is 1. The summed E-state index contributed by atoms with van der Waals surface area (Å²) < 4.78 is 6.62. The van der Waals surface area contributed by atoms with Crippen molar-refractivity contribution < 1.29 is 19.1 Å². The lowest BCUT2D eigenvalue weighted by molar-refractivity contribution is -0.122. The Labute approximate surface area is 193 Å². The Morgan fingerprint density at radius 3 is 2.38 bits per heavy atom. The van der Waals surface area contributed by atoms with Gasteiger partial charge in [-0.2, -0.15) is 0 Å². The highest BCUT2D eigenvalue weighted by Crippen LogP contribution is 2.26. The van der Waals surface area contributed by atoms with E-state index in [0.717, 1.165) is 20.5 Å². The third-order valence-electron chi connectivity index (χ3n) is 4.94. The molecular formula is C25H19BrN2O4. The minimum atomic E-state index is -0.775. The number of amides is 4. The summed E-state index contributed by atoms with van der Waals surface area (Å²) in [4.78, 5) is 38.7. The molecule has 0 radical (unpaired) electrons. The monoisotopic (exact) mass is 490 g/mol. The van der Waals surface area contributed by atoms with Crippen LogP contribution in [0.15, 0.2) is 82.8 Å². The molecule has 1 saturated heterocycles. The molecule has 6 nitrogen and oxygen atoms in total. The predicted molar refractivity (Wildman–Crippen MR) is 125 cm³/mol. The maximum Gasteiger partial charge on any atom is 0.335 e. The molecule has 0 bridgehead atoms. The van der Waals surface area contributed by atoms with Gasteiger partial charge in [-0.05, 0) is 60.0 Å². The van der Waals surface area contributed by atoms with Crippen molar-refractivity contribution in [2.45, 2.75) is 13.5 Å². The summed E-state index contributed by atoms with van der Waals surface area (Å²) in [7, 11) is 0. The average Bonchev–Trinajstić information content (AvgIpc) is 2.79. The van der Waals surface area contributed by atoms with Crippen LogP contribution in [-0.2, 0) is 16.2 Å². The summed E-state index contributed by atoms with van der Waals surface area (Å²) in [5.74, 6) is -0.739. The number of anilines is 1. The molecule has 4 amide bonds. The van der Waals surface area contributed by atoms with E-state index >= 15 is 0 Å². The highest BCUT2D eigenvalue weighted by atomic mass is 79.9. The quantitative estimate of drug-likeness (QED) is 0.403. The standard InChI is InChI=1S/C25H19BrN2O4/c1-16-13-19(9-12-22(16)26)28-24(30)21(23(29)27-25(28)31)14-17-7-10-20(11-8-17)32-15-18-5-3-2-4-6-18/h2-14H,15H2,1H3,(H,27,29,31)/b21-14+. The Morgan fingerprint density at radius 2 is 1.69 bits per heavy atom. The third kappa shape index (κ3) is 4.63. The van der Waals surface area contributed by atoms with Crippen LogP contribution < -0.4 is 15.0 Å². The van der Waals surface area contributed by atoms with Crippen LogP contribution in [0, 0.1) is 6.92 Å². The van der Waals surface area contributed by atoms with E-state index in [1.165, 1.54) is 6.08 Å². The van der Waals surface area contributed by atoms with Crippen molar-refractivity contribution in [2.75, 3.05) is 4.90 Å². The molecule has 32 heavy (non-hydrogen) atoms. The molecule has 0 saturated carbocycles. The molecule has 1 aliphatic rings. The molecule has 0 atom stereocenters. The number of nitrogens with one attached hydrogen (secondary N) is 1. The summed E-state index contributed by atoms with van der Waals surface area (Å²) in [6.45, 7) is 2.29. The van der Waals surface area contributed by atoms with Gasteiger partial charge >= 0.3 is 6.03 Å². The number of benzene rings is 3. The largest absolute Gasteiger partial charge is 0.489 e. The topological polar surface area (TPSA) is 75.7 Å². The fourth-order valence-electron chi connectivity index (χ4n) is 3.23. The number of nitrogens with zero attached hydrogens (tertiary/aromatic N) is 1. The van der Waals surface area contributed by atoms with Crippen LogP contribution in [-0.4, -0.2) is 17.8 Å². The number of hydrogen-bond acceptors (Lipinski definition) is 4. The van der Waals surface area contributed by atoms with Gasteiger partial charge in [0.15, 0.2) is 0 Å². The second-order valence-corrected chi connectivity index (χ2v) is 8.09. The van der Waals surface area contributed by atoms with Crippen LogP contribution in [0.4, 0.5) is 10.5 Å². The Morgan fingerprint density at radius 1 is 0.969 bits per heavy atom. The first-order valence-corrected chi connectivity index (χ1v) is 10.7. The number of carbonyl (C=O) groups is 3. The number of carbonyl (C=O) groups excluding carboxylic acids is 3. The Hall–Kier alpha value is -3.71. The number of ether oxygens (including phenoxy) is 1. The average molecular weight is 491 g/mol. The van der Waals surface area contributed by atoms with Gasteiger partial charge in [-0.3, -0.25) is 14.9 Å². The molecule has 3 aromatic carbocycles. The van der Waals surface area contributed by atoms with E-state index < -0.39 is 17.8 Å². The maximum absolute atomic E-state index is 13.0. The van der Waals surface area contributed by atoms with Gasteiger partial charge in [-0.25, -0.2) is 9.69 Å². The third-order valence-corrected chi connectivity index (χ3v) is 5.83. The highest BCUT2D eigenvalue weighted by Gasteiger charge is 2.36. The zero-order valence-corrected chi connectivity index (χ0v) is 18.8. The van der Waals surface area contributed by atoms with E-state index in [-0.39, 0.29) is 5.57 Å². The van der Waals surface area contributed by atoms with Crippen molar-refractivity contribution in [3.8, 4) is 5.75 Å². The van der Waals surface area contributed by atoms with Crippen molar-refractivity contribution in [2.24, 2.45) is 0 Å². The lowest BCUT2D eigenvalue weighted by Gasteiger charge is -2.26. The molecular weight excluding hydrogens is 472 g/mol. The molecule has 1 aliphatic heterocycles. The van der Waals surface area contributed by atoms with Gasteiger partial charge in [-0.1, -0.05) is 58.4 Å². The number of halogens is 1. The molecule has 0 unspecified atom stereocenters. The van der Waals surface area contributed by atoms with E-state index in [4.69, 9.17) is 4.74 Å². The van der Waals surface area contributed by atoms with Crippen molar-refractivity contribution in [1.82, 2.24) is 5.32 Å². The van der Waals surface area contributed by atoms with Crippen molar-refractivity contribution in [1.29, 1.82) is 0 Å². The smallest absolute Gasteiger partial charge is 0.335 e. The lowest BCUT2D eigenvalue weighted by Crippen LogP contribution is -2.54. The first kappa shape index (κ1) is 21.5. The number of aryl methyl sites for hydroxylation is 1. The highest BCUT2D eigenvalue weighted by molar-refractivity contribution is 9.10. The molecule has 1 heterocycles. The van der Waals surface area contributed by atoms with Crippen LogP contribution in [0.3, 0.4) is 0 Å². The summed E-state index contributed by atoms with van der Waals surface area (Å²) in [6, 6.07) is 21.1. The SMILES string of the molecule is Cc1cc(N2C(=O)NC(=O)/C(=C\c3ccc(OCc4ccccc4)cc3)C2=O)ccc1Br. The van der Waals surface area contributed by atoms with Gasteiger partial charge in [0.2, 0.25) is 0 Å². The predicted octanol–water partition coefficient (Wildman–Crippen LogP) is 5.00. The molecule has 0 aliphatic carbocycles. The Kier molecular flexibility index (Phi) is 6.18. The van der Waals surface area contributed by atoms with Crippen LogP contribution >= 0.6 is 15.9 Å². The van der Waals surface area contributed by atoms with E-state index in [0.29, 0.717) is 23.6 Å². The first-order chi connectivity index (χ1) is 15.4. The van der Waals surface area contributed by atoms with Crippen LogP contribution in [0.1, 0.15) is 16.7 Å². The summed E-state index contributed by atoms with van der Waals surface area (Å²) in [5, 5.41) is 2.24. The molecule has 4 rings (SSSR count). The van der Waals surface area contributed by atoms with Crippen molar-refractivity contribution in [3.63, 3.8) is 0 Å². The normalized spacial score (nSPS) is 15.1. The molecule has 0 aromatic heterocycles. The number of rotatable bonds is 5. The van der Waals surface area contributed by atoms with Gasteiger partial charge in [0.25, 0.3) is 11.8 Å². The second-order valence-electron chi connectivity index (χ2n) is 7.23. The summed E-state index contributed by atoms with van der Waals surface area (Å²) in [5.41, 5.74) is 2.81.